The molecule has 0 bridgehead atoms. The van der Waals surface area contributed by atoms with E-state index in [0.717, 1.165) is 24.3 Å². The molecule has 1 saturated heterocycles. The van der Waals surface area contributed by atoms with Crippen molar-refractivity contribution in [2.75, 3.05) is 23.3 Å². The number of rotatable bonds is 3. The first-order chi connectivity index (χ1) is 13.3. The third-order valence-corrected chi connectivity index (χ3v) is 5.50. The fourth-order valence-electron chi connectivity index (χ4n) is 3.67. The van der Waals surface area contributed by atoms with Gasteiger partial charge in [0.1, 0.15) is 11.5 Å². The number of H-pyrrole nitrogens is 1. The second kappa shape index (κ2) is 6.95. The van der Waals surface area contributed by atoms with Crippen LogP contribution in [-0.4, -0.2) is 34.7 Å². The van der Waals surface area contributed by atoms with Gasteiger partial charge in [-0.05, 0) is 62.6 Å². The standard InChI is InChI=1S/C22H24FN3O2/c1-14-6-7-18(23)17-13-19(25-20(14)17)21(27)24-15-4-3-5-16(12-15)26-10-8-22(2,28)9-11-26/h3-7,12-13,25,28H,8-11H2,1-2H3,(H,24,27). The van der Waals surface area contributed by atoms with E-state index in [-0.39, 0.29) is 11.7 Å². The first kappa shape index (κ1) is 18.5. The maximum atomic E-state index is 14.0. The number of hydrogen-bond acceptors (Lipinski definition) is 3. The minimum absolute atomic E-state index is 0.311. The monoisotopic (exact) mass is 381 g/mol. The average molecular weight is 381 g/mol. The number of hydrogen-bond donors (Lipinski definition) is 3. The van der Waals surface area contributed by atoms with Crippen LogP contribution in [-0.2, 0) is 0 Å². The molecule has 0 spiro atoms. The van der Waals surface area contributed by atoms with Crippen LogP contribution in [0.5, 0.6) is 0 Å². The molecule has 4 rings (SSSR count). The summed E-state index contributed by atoms with van der Waals surface area (Å²) >= 11 is 0. The van der Waals surface area contributed by atoms with E-state index in [1.807, 2.05) is 38.1 Å². The molecular weight excluding hydrogens is 357 g/mol. The van der Waals surface area contributed by atoms with Crippen molar-refractivity contribution in [3.8, 4) is 0 Å². The van der Waals surface area contributed by atoms with E-state index in [2.05, 4.69) is 15.2 Å². The maximum absolute atomic E-state index is 14.0. The Morgan fingerprint density at radius 2 is 1.96 bits per heavy atom. The molecule has 146 valence electrons. The Kier molecular flexibility index (Phi) is 4.59. The molecule has 0 atom stereocenters. The molecule has 0 unspecified atom stereocenters. The number of aryl methyl sites for hydroxylation is 1. The van der Waals surface area contributed by atoms with E-state index in [4.69, 9.17) is 0 Å². The molecule has 0 radical (unpaired) electrons. The summed E-state index contributed by atoms with van der Waals surface area (Å²) in [7, 11) is 0. The van der Waals surface area contributed by atoms with Gasteiger partial charge in [-0.15, -0.1) is 0 Å². The Morgan fingerprint density at radius 3 is 2.68 bits per heavy atom. The minimum atomic E-state index is -0.606. The molecule has 1 aliphatic rings. The summed E-state index contributed by atoms with van der Waals surface area (Å²) in [5.74, 6) is -0.660. The van der Waals surface area contributed by atoms with Crippen LogP contribution < -0.4 is 10.2 Å². The zero-order chi connectivity index (χ0) is 19.9. The molecule has 0 saturated carbocycles. The van der Waals surface area contributed by atoms with Gasteiger partial charge >= 0.3 is 0 Å². The van der Waals surface area contributed by atoms with Crippen molar-refractivity contribution < 1.29 is 14.3 Å². The van der Waals surface area contributed by atoms with Gasteiger partial charge in [-0.1, -0.05) is 12.1 Å². The number of piperidine rings is 1. The number of carbonyl (C=O) groups excluding carboxylic acids is 1. The number of aliphatic hydroxyl groups is 1. The number of anilines is 2. The fourth-order valence-corrected chi connectivity index (χ4v) is 3.67. The van der Waals surface area contributed by atoms with Crippen LogP contribution in [0.25, 0.3) is 10.9 Å². The molecule has 6 heteroatoms. The lowest BCUT2D eigenvalue weighted by Crippen LogP contribution is -2.42. The Labute approximate surface area is 163 Å². The first-order valence-electron chi connectivity index (χ1n) is 9.49. The number of amides is 1. The topological polar surface area (TPSA) is 68.4 Å². The van der Waals surface area contributed by atoms with E-state index < -0.39 is 5.60 Å². The lowest BCUT2D eigenvalue weighted by molar-refractivity contribution is 0.0351. The van der Waals surface area contributed by atoms with Gasteiger partial charge in [0.25, 0.3) is 5.91 Å². The van der Waals surface area contributed by atoms with Gasteiger partial charge in [0.05, 0.1) is 11.1 Å². The normalized spacial score (nSPS) is 16.4. The van der Waals surface area contributed by atoms with Crippen LogP contribution >= 0.6 is 0 Å². The molecule has 3 aromatic rings. The molecule has 28 heavy (non-hydrogen) atoms. The molecule has 2 heterocycles. The summed E-state index contributed by atoms with van der Waals surface area (Å²) in [5.41, 5.74) is 2.92. The van der Waals surface area contributed by atoms with Gasteiger partial charge in [0.15, 0.2) is 0 Å². The van der Waals surface area contributed by atoms with Crippen LogP contribution in [0.15, 0.2) is 42.5 Å². The zero-order valence-corrected chi connectivity index (χ0v) is 16.1. The average Bonchev–Trinajstić information content (AvgIpc) is 3.12. The fraction of sp³-hybridized carbons (Fsp3) is 0.318. The predicted octanol–water partition coefficient (Wildman–Crippen LogP) is 4.22. The van der Waals surface area contributed by atoms with Crippen molar-refractivity contribution >= 4 is 28.2 Å². The molecule has 1 aromatic heterocycles. The molecule has 1 aliphatic heterocycles. The molecule has 3 N–H and O–H groups in total. The van der Waals surface area contributed by atoms with Gasteiger partial charge in [0.2, 0.25) is 0 Å². The highest BCUT2D eigenvalue weighted by molar-refractivity contribution is 6.06. The van der Waals surface area contributed by atoms with Gasteiger partial charge in [-0.2, -0.15) is 0 Å². The SMILES string of the molecule is Cc1ccc(F)c2cc(C(=O)Nc3cccc(N4CCC(C)(O)CC4)c3)[nH]c12. The summed E-state index contributed by atoms with van der Waals surface area (Å²) in [5, 5.41) is 13.4. The van der Waals surface area contributed by atoms with E-state index in [1.165, 1.54) is 6.07 Å². The molecule has 1 fully saturated rings. The number of aromatic nitrogens is 1. The molecular formula is C22H24FN3O2. The van der Waals surface area contributed by atoms with Crippen molar-refractivity contribution in [2.45, 2.75) is 32.3 Å². The number of nitrogens with one attached hydrogen (secondary N) is 2. The third kappa shape index (κ3) is 3.60. The van der Waals surface area contributed by atoms with Crippen molar-refractivity contribution in [1.29, 1.82) is 0 Å². The number of halogens is 1. The Bertz CT molecular complexity index is 992. The number of fused-ring (bicyclic) bond motifs is 1. The van der Waals surface area contributed by atoms with Gasteiger partial charge < -0.3 is 20.3 Å². The summed E-state index contributed by atoms with van der Waals surface area (Å²) in [6, 6.07) is 12.3. The van der Waals surface area contributed by atoms with E-state index in [1.54, 1.807) is 12.1 Å². The quantitative estimate of drug-likeness (QED) is 0.636. The minimum Gasteiger partial charge on any atom is -0.390 e. The molecule has 0 aliphatic carbocycles. The highest BCUT2D eigenvalue weighted by Gasteiger charge is 2.27. The van der Waals surface area contributed by atoms with Crippen molar-refractivity contribution in [1.82, 2.24) is 4.98 Å². The summed E-state index contributed by atoms with van der Waals surface area (Å²) in [6.07, 6.45) is 1.42. The van der Waals surface area contributed by atoms with Gasteiger partial charge in [-0.25, -0.2) is 4.39 Å². The zero-order valence-electron chi connectivity index (χ0n) is 16.1. The van der Waals surface area contributed by atoms with Crippen molar-refractivity contribution in [2.24, 2.45) is 0 Å². The summed E-state index contributed by atoms with van der Waals surface area (Å²) < 4.78 is 14.0. The highest BCUT2D eigenvalue weighted by atomic mass is 19.1. The lowest BCUT2D eigenvalue weighted by Gasteiger charge is -2.37. The van der Waals surface area contributed by atoms with Crippen LogP contribution in [0.4, 0.5) is 15.8 Å². The smallest absolute Gasteiger partial charge is 0.272 e. The first-order valence-corrected chi connectivity index (χ1v) is 9.49. The van der Waals surface area contributed by atoms with E-state index >= 15 is 0 Å². The number of aromatic amines is 1. The second-order valence-electron chi connectivity index (χ2n) is 7.82. The largest absolute Gasteiger partial charge is 0.390 e. The molecule has 2 aromatic carbocycles. The maximum Gasteiger partial charge on any atom is 0.272 e. The lowest BCUT2D eigenvalue weighted by atomic mass is 9.93. The molecule has 1 amide bonds. The Hall–Kier alpha value is -2.86. The van der Waals surface area contributed by atoms with E-state index in [0.29, 0.717) is 35.1 Å². The van der Waals surface area contributed by atoms with Crippen LogP contribution in [0.2, 0.25) is 0 Å². The Morgan fingerprint density at radius 1 is 1.21 bits per heavy atom. The summed E-state index contributed by atoms with van der Waals surface area (Å²) in [4.78, 5) is 17.9. The Balaban J connectivity index is 1.52. The second-order valence-corrected chi connectivity index (χ2v) is 7.82. The van der Waals surface area contributed by atoms with Crippen LogP contribution in [0.1, 0.15) is 35.8 Å². The number of nitrogens with zero attached hydrogens (tertiary/aromatic N) is 1. The number of carbonyl (C=O) groups is 1. The van der Waals surface area contributed by atoms with Crippen LogP contribution in [0.3, 0.4) is 0 Å². The number of benzene rings is 2. The molecule has 5 nitrogen and oxygen atoms in total. The highest BCUT2D eigenvalue weighted by Crippen LogP contribution is 2.28. The van der Waals surface area contributed by atoms with E-state index in [9.17, 15) is 14.3 Å². The third-order valence-electron chi connectivity index (χ3n) is 5.50. The van der Waals surface area contributed by atoms with Crippen molar-refractivity contribution in [3.05, 3.63) is 59.5 Å². The van der Waals surface area contributed by atoms with Crippen LogP contribution in [0, 0.1) is 12.7 Å². The van der Waals surface area contributed by atoms with Crippen molar-refractivity contribution in [3.63, 3.8) is 0 Å². The van der Waals surface area contributed by atoms with Gasteiger partial charge in [-0.3, -0.25) is 4.79 Å². The summed E-state index contributed by atoms with van der Waals surface area (Å²) in [6.45, 7) is 5.28. The van der Waals surface area contributed by atoms with Gasteiger partial charge in [0, 0.05) is 29.9 Å². The predicted molar refractivity (Wildman–Crippen MR) is 109 cm³/mol.